The van der Waals surface area contributed by atoms with Crippen LogP contribution in [0.4, 0.5) is 5.69 Å². The lowest BCUT2D eigenvalue weighted by atomic mass is 10.1. The summed E-state index contributed by atoms with van der Waals surface area (Å²) in [5.41, 5.74) is 4.98. The number of anilines is 1. The number of amides is 1. The van der Waals surface area contributed by atoms with Crippen LogP contribution in [0.3, 0.4) is 0 Å². The molecule has 0 N–H and O–H groups in total. The normalized spacial score (nSPS) is 14.7. The van der Waals surface area contributed by atoms with Gasteiger partial charge in [-0.3, -0.25) is 9.69 Å². The Morgan fingerprint density at radius 2 is 1.64 bits per heavy atom. The number of methoxy groups -OCH3 is 1. The van der Waals surface area contributed by atoms with Gasteiger partial charge in [-0.2, -0.15) is 0 Å². The molecule has 0 aliphatic carbocycles. The minimum absolute atomic E-state index is 0.177. The lowest BCUT2D eigenvalue weighted by molar-refractivity contribution is -0.113. The summed E-state index contributed by atoms with van der Waals surface area (Å²) in [7, 11) is 1.62. The Bertz CT molecular complexity index is 1230. The van der Waals surface area contributed by atoms with E-state index in [1.165, 1.54) is 11.8 Å². The summed E-state index contributed by atoms with van der Waals surface area (Å²) in [5, 5.41) is 1.76. The van der Waals surface area contributed by atoms with Crippen molar-refractivity contribution in [3.8, 4) is 5.75 Å². The van der Waals surface area contributed by atoms with Crippen LogP contribution in [0, 0.1) is 13.8 Å². The Labute approximate surface area is 207 Å². The van der Waals surface area contributed by atoms with E-state index >= 15 is 0 Å². The molecule has 0 fully saturated rings. The van der Waals surface area contributed by atoms with Crippen LogP contribution in [0.5, 0.6) is 5.75 Å². The first-order chi connectivity index (χ1) is 15.9. The molecular formula is C26H22Cl2N2O2S. The second-order valence-corrected chi connectivity index (χ2v) is 9.43. The molecule has 1 aliphatic rings. The zero-order valence-electron chi connectivity index (χ0n) is 18.4. The molecule has 7 heteroatoms. The minimum atomic E-state index is -0.177. The molecule has 4 rings (SSSR count). The van der Waals surface area contributed by atoms with Gasteiger partial charge in [0.2, 0.25) is 0 Å². The van der Waals surface area contributed by atoms with Crippen molar-refractivity contribution < 1.29 is 9.53 Å². The molecular weight excluding hydrogens is 475 g/mol. The monoisotopic (exact) mass is 496 g/mol. The summed E-state index contributed by atoms with van der Waals surface area (Å²) in [6.45, 7) is 4.03. The zero-order chi connectivity index (χ0) is 23.5. The molecule has 4 nitrogen and oxygen atoms in total. The number of carbonyl (C=O) groups is 1. The second-order valence-electron chi connectivity index (χ2n) is 7.67. The maximum atomic E-state index is 13.5. The fourth-order valence-corrected chi connectivity index (χ4v) is 5.32. The molecule has 1 heterocycles. The van der Waals surface area contributed by atoms with Crippen molar-refractivity contribution in [3.05, 3.63) is 98.7 Å². The van der Waals surface area contributed by atoms with Gasteiger partial charge in [-0.1, -0.05) is 59.2 Å². The number of hydrogen-bond donors (Lipinski definition) is 0. The Hall–Kier alpha value is -2.73. The zero-order valence-corrected chi connectivity index (χ0v) is 20.8. The number of benzene rings is 3. The number of hydrogen-bond acceptors (Lipinski definition) is 4. The number of nitrogens with zero attached hydrogens (tertiary/aromatic N) is 2. The van der Waals surface area contributed by atoms with Crippen molar-refractivity contribution in [1.29, 1.82) is 0 Å². The maximum absolute atomic E-state index is 13.5. The number of carbonyl (C=O) groups excluding carboxylic acids is 1. The van der Waals surface area contributed by atoms with Gasteiger partial charge in [0.15, 0.2) is 5.17 Å². The third kappa shape index (κ3) is 5.27. The van der Waals surface area contributed by atoms with Gasteiger partial charge in [0.25, 0.3) is 5.91 Å². The minimum Gasteiger partial charge on any atom is -0.497 e. The maximum Gasteiger partial charge on any atom is 0.283 e. The number of aliphatic imine (C=N–C) groups is 1. The van der Waals surface area contributed by atoms with Gasteiger partial charge < -0.3 is 4.74 Å². The van der Waals surface area contributed by atoms with Crippen molar-refractivity contribution in [3.63, 3.8) is 0 Å². The average Bonchev–Trinajstić information content (AvgIpc) is 3.08. The predicted molar refractivity (Wildman–Crippen MR) is 140 cm³/mol. The van der Waals surface area contributed by atoms with E-state index in [1.54, 1.807) is 18.1 Å². The highest BCUT2D eigenvalue weighted by atomic mass is 35.5. The molecule has 1 aliphatic heterocycles. The lowest BCUT2D eigenvalue weighted by Gasteiger charge is -2.19. The van der Waals surface area contributed by atoms with Crippen LogP contribution in [0.15, 0.2) is 71.4 Å². The lowest BCUT2D eigenvalue weighted by Crippen LogP contribution is -2.30. The third-order valence-electron chi connectivity index (χ3n) is 5.12. The molecule has 0 bridgehead atoms. The molecule has 3 aromatic rings. The van der Waals surface area contributed by atoms with Crippen molar-refractivity contribution in [2.75, 3.05) is 12.0 Å². The van der Waals surface area contributed by atoms with Gasteiger partial charge in [-0.15, -0.1) is 0 Å². The molecule has 0 radical (unpaired) electrons. The van der Waals surface area contributed by atoms with Gasteiger partial charge in [0.1, 0.15) is 11.4 Å². The highest BCUT2D eigenvalue weighted by molar-refractivity contribution is 8.13. The van der Waals surface area contributed by atoms with Crippen LogP contribution in [-0.2, 0) is 10.5 Å². The van der Waals surface area contributed by atoms with E-state index in [-0.39, 0.29) is 5.91 Å². The van der Waals surface area contributed by atoms with Crippen LogP contribution >= 0.6 is 35.0 Å². The number of rotatable bonds is 5. The van der Waals surface area contributed by atoms with Crippen molar-refractivity contribution in [2.24, 2.45) is 4.99 Å². The van der Waals surface area contributed by atoms with Crippen LogP contribution in [0.2, 0.25) is 10.0 Å². The SMILES string of the molecule is COc1ccc(C=C2N=C(SCc3c(Cl)cccc3Cl)N(c3cc(C)cc(C)c3)C2=O)cc1. The number of ether oxygens (including phenoxy) is 1. The van der Waals surface area contributed by atoms with Gasteiger partial charge in [0, 0.05) is 15.8 Å². The molecule has 0 spiro atoms. The van der Waals surface area contributed by atoms with Crippen molar-refractivity contribution in [1.82, 2.24) is 0 Å². The third-order valence-corrected chi connectivity index (χ3v) is 6.79. The largest absolute Gasteiger partial charge is 0.497 e. The first-order valence-corrected chi connectivity index (χ1v) is 12.0. The average molecular weight is 497 g/mol. The summed E-state index contributed by atoms with van der Waals surface area (Å²) in [5.74, 6) is 1.06. The molecule has 0 saturated heterocycles. The van der Waals surface area contributed by atoms with Crippen LogP contribution < -0.4 is 9.64 Å². The molecule has 0 atom stereocenters. The summed E-state index contributed by atoms with van der Waals surface area (Å²) < 4.78 is 5.22. The standard InChI is InChI=1S/C26H22Cl2N2O2S/c1-16-11-17(2)13-19(12-16)30-25(31)24(14-18-7-9-20(32-3)10-8-18)29-26(30)33-15-21-22(27)5-4-6-23(21)28/h4-14H,15H2,1-3H3. The Morgan fingerprint density at radius 1 is 1.00 bits per heavy atom. The number of thioether (sulfide) groups is 1. The van der Waals surface area contributed by atoms with Gasteiger partial charge >= 0.3 is 0 Å². The molecule has 168 valence electrons. The molecule has 0 aromatic heterocycles. The first-order valence-electron chi connectivity index (χ1n) is 10.3. The Balaban J connectivity index is 1.71. The topological polar surface area (TPSA) is 41.9 Å². The van der Waals surface area contributed by atoms with Crippen molar-refractivity contribution >= 4 is 57.8 Å². The number of aryl methyl sites for hydroxylation is 2. The van der Waals surface area contributed by atoms with Crippen LogP contribution in [-0.4, -0.2) is 18.2 Å². The van der Waals surface area contributed by atoms with E-state index in [2.05, 4.69) is 6.07 Å². The van der Waals surface area contributed by atoms with E-state index in [4.69, 9.17) is 32.9 Å². The molecule has 0 unspecified atom stereocenters. The summed E-state index contributed by atoms with van der Waals surface area (Å²) in [6, 6.07) is 19.0. The van der Waals surface area contributed by atoms with E-state index in [1.807, 2.05) is 68.4 Å². The second kappa shape index (κ2) is 10.0. The van der Waals surface area contributed by atoms with Crippen LogP contribution in [0.1, 0.15) is 22.3 Å². The fraction of sp³-hybridized carbons (Fsp3) is 0.154. The van der Waals surface area contributed by atoms with Crippen molar-refractivity contribution in [2.45, 2.75) is 19.6 Å². The predicted octanol–water partition coefficient (Wildman–Crippen LogP) is 7.30. The number of halogens is 2. The Morgan fingerprint density at radius 3 is 2.24 bits per heavy atom. The van der Waals surface area contributed by atoms with E-state index < -0.39 is 0 Å². The highest BCUT2D eigenvalue weighted by Gasteiger charge is 2.32. The summed E-state index contributed by atoms with van der Waals surface area (Å²) in [4.78, 5) is 19.8. The van der Waals surface area contributed by atoms with Gasteiger partial charge in [-0.05, 0) is 78.6 Å². The van der Waals surface area contributed by atoms with E-state index in [0.29, 0.717) is 26.7 Å². The quantitative estimate of drug-likeness (QED) is 0.348. The van der Waals surface area contributed by atoms with E-state index in [9.17, 15) is 4.79 Å². The van der Waals surface area contributed by atoms with E-state index in [0.717, 1.165) is 33.7 Å². The fourth-order valence-electron chi connectivity index (χ4n) is 3.57. The molecule has 3 aromatic carbocycles. The highest BCUT2D eigenvalue weighted by Crippen LogP contribution is 2.34. The van der Waals surface area contributed by atoms with Crippen LogP contribution in [0.25, 0.3) is 6.08 Å². The summed E-state index contributed by atoms with van der Waals surface area (Å²) in [6.07, 6.45) is 1.79. The Kier molecular flexibility index (Phi) is 7.13. The molecule has 33 heavy (non-hydrogen) atoms. The molecule has 1 amide bonds. The van der Waals surface area contributed by atoms with Gasteiger partial charge in [-0.25, -0.2) is 4.99 Å². The van der Waals surface area contributed by atoms with Gasteiger partial charge in [0.05, 0.1) is 12.8 Å². The summed E-state index contributed by atoms with van der Waals surface area (Å²) >= 11 is 14.1. The first kappa shape index (κ1) is 23.4. The number of amidine groups is 1. The molecule has 0 saturated carbocycles. The smallest absolute Gasteiger partial charge is 0.283 e.